The Morgan fingerprint density at radius 3 is 2.52 bits per heavy atom. The SMILES string of the molecule is Cc1c(C(=O)NCCc2ccc(OC(F)F)cc2)cnn1-c1ccccc1. The molecular weight excluding hydrogens is 352 g/mol. The van der Waals surface area contributed by atoms with Crippen LogP contribution in [0, 0.1) is 6.92 Å². The summed E-state index contributed by atoms with van der Waals surface area (Å²) in [6.07, 6.45) is 2.13. The van der Waals surface area contributed by atoms with Crippen LogP contribution in [0.15, 0.2) is 60.8 Å². The van der Waals surface area contributed by atoms with Crippen LogP contribution in [0.25, 0.3) is 5.69 Å². The molecular formula is C20H19F2N3O2. The standard InChI is InChI=1S/C20H19F2N3O2/c1-14-18(13-24-25(14)16-5-3-2-4-6-16)19(26)23-12-11-15-7-9-17(10-8-15)27-20(21)22/h2-10,13,20H,11-12H2,1H3,(H,23,26). The fourth-order valence-corrected chi connectivity index (χ4v) is 2.72. The van der Waals surface area contributed by atoms with Crippen LogP contribution in [0.3, 0.4) is 0 Å². The van der Waals surface area contributed by atoms with Crippen LogP contribution >= 0.6 is 0 Å². The van der Waals surface area contributed by atoms with Crippen molar-refractivity contribution < 1.29 is 18.3 Å². The Bertz CT molecular complexity index is 893. The lowest BCUT2D eigenvalue weighted by atomic mass is 10.1. The second-order valence-electron chi connectivity index (χ2n) is 5.92. The van der Waals surface area contributed by atoms with Gasteiger partial charge in [0.1, 0.15) is 5.75 Å². The number of halogens is 2. The van der Waals surface area contributed by atoms with Gasteiger partial charge in [0, 0.05) is 6.54 Å². The minimum atomic E-state index is -2.84. The van der Waals surface area contributed by atoms with Crippen LogP contribution in [0.4, 0.5) is 8.78 Å². The van der Waals surface area contributed by atoms with Crippen LogP contribution in [0.1, 0.15) is 21.6 Å². The molecule has 1 amide bonds. The molecule has 0 bridgehead atoms. The van der Waals surface area contributed by atoms with Gasteiger partial charge in [0.15, 0.2) is 0 Å². The Hall–Kier alpha value is -3.22. The summed E-state index contributed by atoms with van der Waals surface area (Å²) in [6, 6.07) is 15.9. The van der Waals surface area contributed by atoms with Crippen LogP contribution in [-0.2, 0) is 6.42 Å². The van der Waals surface area contributed by atoms with E-state index in [4.69, 9.17) is 0 Å². The van der Waals surface area contributed by atoms with Crippen molar-refractivity contribution in [1.82, 2.24) is 15.1 Å². The summed E-state index contributed by atoms with van der Waals surface area (Å²) in [6.45, 7) is -0.573. The van der Waals surface area contributed by atoms with Gasteiger partial charge in [0.2, 0.25) is 0 Å². The minimum absolute atomic E-state index is 0.113. The maximum atomic E-state index is 12.4. The van der Waals surface area contributed by atoms with Crippen molar-refractivity contribution in [3.8, 4) is 11.4 Å². The van der Waals surface area contributed by atoms with Gasteiger partial charge in [-0.25, -0.2) is 4.68 Å². The lowest BCUT2D eigenvalue weighted by molar-refractivity contribution is -0.0498. The van der Waals surface area contributed by atoms with E-state index >= 15 is 0 Å². The van der Waals surface area contributed by atoms with Crippen LogP contribution in [0.2, 0.25) is 0 Å². The second-order valence-corrected chi connectivity index (χ2v) is 5.92. The lowest BCUT2D eigenvalue weighted by Gasteiger charge is -2.08. The third-order valence-electron chi connectivity index (χ3n) is 4.10. The molecule has 27 heavy (non-hydrogen) atoms. The number of hydrogen-bond donors (Lipinski definition) is 1. The van der Waals surface area contributed by atoms with Crippen molar-refractivity contribution in [1.29, 1.82) is 0 Å². The van der Waals surface area contributed by atoms with Crippen molar-refractivity contribution in [2.24, 2.45) is 0 Å². The number of rotatable bonds is 7. The predicted molar refractivity (Wildman–Crippen MR) is 97.4 cm³/mol. The highest BCUT2D eigenvalue weighted by Gasteiger charge is 2.14. The van der Waals surface area contributed by atoms with E-state index in [0.29, 0.717) is 18.5 Å². The Morgan fingerprint density at radius 2 is 1.85 bits per heavy atom. The monoisotopic (exact) mass is 371 g/mol. The van der Waals surface area contributed by atoms with Crippen LogP contribution in [0.5, 0.6) is 5.75 Å². The molecule has 5 nitrogen and oxygen atoms in total. The topological polar surface area (TPSA) is 56.1 Å². The molecule has 140 valence electrons. The molecule has 0 aliphatic rings. The highest BCUT2D eigenvalue weighted by molar-refractivity contribution is 5.95. The quantitative estimate of drug-likeness (QED) is 0.688. The number of hydrogen-bond acceptors (Lipinski definition) is 3. The zero-order valence-electron chi connectivity index (χ0n) is 14.7. The largest absolute Gasteiger partial charge is 0.435 e. The molecule has 1 N–H and O–H groups in total. The fourth-order valence-electron chi connectivity index (χ4n) is 2.72. The summed E-state index contributed by atoms with van der Waals surface area (Å²) in [5.74, 6) is -0.0888. The molecule has 2 aromatic carbocycles. The Kier molecular flexibility index (Phi) is 5.80. The number of carbonyl (C=O) groups is 1. The Balaban J connectivity index is 1.56. The summed E-state index contributed by atoms with van der Waals surface area (Å²) in [7, 11) is 0. The molecule has 0 unspecified atom stereocenters. The van der Waals surface area contributed by atoms with E-state index < -0.39 is 6.61 Å². The predicted octanol–water partition coefficient (Wildman–Crippen LogP) is 3.75. The molecule has 7 heteroatoms. The van der Waals surface area contributed by atoms with E-state index in [9.17, 15) is 13.6 Å². The van der Waals surface area contributed by atoms with Gasteiger partial charge in [-0.2, -0.15) is 13.9 Å². The number of nitrogens with zero attached hydrogens (tertiary/aromatic N) is 2. The van der Waals surface area contributed by atoms with Crippen LogP contribution < -0.4 is 10.1 Å². The molecule has 1 aromatic heterocycles. The summed E-state index contributed by atoms with van der Waals surface area (Å²) in [5.41, 5.74) is 3.07. The van der Waals surface area contributed by atoms with Gasteiger partial charge < -0.3 is 10.1 Å². The van der Waals surface area contributed by atoms with E-state index in [-0.39, 0.29) is 11.7 Å². The summed E-state index contributed by atoms with van der Waals surface area (Å²) < 4.78 is 30.3. The van der Waals surface area contributed by atoms with Gasteiger partial charge in [-0.05, 0) is 43.2 Å². The van der Waals surface area contributed by atoms with Crippen molar-refractivity contribution in [2.75, 3.05) is 6.54 Å². The molecule has 0 saturated heterocycles. The smallest absolute Gasteiger partial charge is 0.387 e. The number of ether oxygens (including phenoxy) is 1. The number of carbonyl (C=O) groups excluding carboxylic acids is 1. The summed E-state index contributed by atoms with van der Waals surface area (Å²) in [5, 5.41) is 7.14. The van der Waals surface area contributed by atoms with Crippen molar-refractivity contribution in [3.05, 3.63) is 77.6 Å². The molecule has 0 radical (unpaired) electrons. The highest BCUT2D eigenvalue weighted by Crippen LogP contribution is 2.16. The van der Waals surface area contributed by atoms with E-state index in [0.717, 1.165) is 16.9 Å². The number of para-hydroxylation sites is 1. The maximum Gasteiger partial charge on any atom is 0.387 e. The maximum absolute atomic E-state index is 12.4. The lowest BCUT2D eigenvalue weighted by Crippen LogP contribution is -2.26. The first kappa shape index (κ1) is 18.6. The zero-order chi connectivity index (χ0) is 19.2. The molecule has 0 aliphatic heterocycles. The molecule has 0 spiro atoms. The first-order valence-electron chi connectivity index (χ1n) is 8.46. The molecule has 0 aliphatic carbocycles. The van der Waals surface area contributed by atoms with Gasteiger partial charge in [-0.15, -0.1) is 0 Å². The number of amides is 1. The average Bonchev–Trinajstić information content (AvgIpc) is 3.05. The normalized spacial score (nSPS) is 10.8. The third-order valence-corrected chi connectivity index (χ3v) is 4.10. The number of alkyl halides is 2. The Labute approximate surface area is 155 Å². The summed E-state index contributed by atoms with van der Waals surface area (Å²) >= 11 is 0. The second kappa shape index (κ2) is 8.44. The van der Waals surface area contributed by atoms with E-state index in [1.54, 1.807) is 23.0 Å². The first-order valence-corrected chi connectivity index (χ1v) is 8.46. The zero-order valence-corrected chi connectivity index (χ0v) is 14.7. The fraction of sp³-hybridized carbons (Fsp3) is 0.200. The minimum Gasteiger partial charge on any atom is -0.435 e. The van der Waals surface area contributed by atoms with Gasteiger partial charge in [0.25, 0.3) is 5.91 Å². The highest BCUT2D eigenvalue weighted by atomic mass is 19.3. The van der Waals surface area contributed by atoms with E-state index in [2.05, 4.69) is 15.2 Å². The molecule has 0 atom stereocenters. The molecule has 0 fully saturated rings. The van der Waals surface area contributed by atoms with Gasteiger partial charge in [0.05, 0.1) is 23.1 Å². The van der Waals surface area contributed by atoms with E-state index in [1.165, 1.54) is 12.1 Å². The molecule has 0 saturated carbocycles. The van der Waals surface area contributed by atoms with Crippen molar-refractivity contribution in [2.45, 2.75) is 20.0 Å². The molecule has 1 heterocycles. The van der Waals surface area contributed by atoms with Crippen LogP contribution in [-0.4, -0.2) is 28.8 Å². The molecule has 3 aromatic rings. The Morgan fingerprint density at radius 1 is 1.15 bits per heavy atom. The summed E-state index contributed by atoms with van der Waals surface area (Å²) in [4.78, 5) is 12.4. The number of aromatic nitrogens is 2. The average molecular weight is 371 g/mol. The van der Waals surface area contributed by atoms with Gasteiger partial charge in [-0.3, -0.25) is 4.79 Å². The van der Waals surface area contributed by atoms with Gasteiger partial charge in [-0.1, -0.05) is 30.3 Å². The first-order chi connectivity index (χ1) is 13.0. The number of nitrogens with one attached hydrogen (secondary N) is 1. The molecule has 3 rings (SSSR count). The van der Waals surface area contributed by atoms with Crippen molar-refractivity contribution >= 4 is 5.91 Å². The van der Waals surface area contributed by atoms with Gasteiger partial charge >= 0.3 is 6.61 Å². The third kappa shape index (κ3) is 4.69. The van der Waals surface area contributed by atoms with E-state index in [1.807, 2.05) is 37.3 Å². The number of benzene rings is 2. The van der Waals surface area contributed by atoms with Crippen molar-refractivity contribution in [3.63, 3.8) is 0 Å².